The zero-order valence-electron chi connectivity index (χ0n) is 6.90. The Morgan fingerprint density at radius 1 is 1.23 bits per heavy atom. The van der Waals surface area contributed by atoms with Gasteiger partial charge in [0, 0.05) is 17.4 Å². The maximum atomic E-state index is 5.99. The summed E-state index contributed by atoms with van der Waals surface area (Å²) in [5.74, 6) is 2.47. The Hall–Kier alpha value is 0.440. The van der Waals surface area contributed by atoms with Gasteiger partial charge in [0.05, 0.1) is 10.0 Å². The maximum Gasteiger partial charge on any atom is 0.0632 e. The highest BCUT2D eigenvalue weighted by molar-refractivity contribution is 7.98. The molecule has 1 rings (SSSR count). The van der Waals surface area contributed by atoms with Gasteiger partial charge in [-0.25, -0.2) is 0 Å². The molecular formula is C9H9Cl3S. The summed E-state index contributed by atoms with van der Waals surface area (Å²) in [6.45, 7) is 0. The zero-order valence-corrected chi connectivity index (χ0v) is 9.98. The molecule has 0 aliphatic rings. The van der Waals surface area contributed by atoms with Crippen molar-refractivity contribution in [2.75, 3.05) is 11.6 Å². The van der Waals surface area contributed by atoms with E-state index in [1.54, 1.807) is 17.8 Å². The van der Waals surface area contributed by atoms with Gasteiger partial charge in [-0.15, -0.1) is 11.6 Å². The van der Waals surface area contributed by atoms with Crippen LogP contribution in [-0.4, -0.2) is 11.6 Å². The summed E-state index contributed by atoms with van der Waals surface area (Å²) < 4.78 is 0. The number of rotatable bonds is 4. The van der Waals surface area contributed by atoms with E-state index >= 15 is 0 Å². The average molecular weight is 256 g/mol. The Morgan fingerprint density at radius 3 is 2.69 bits per heavy atom. The maximum absolute atomic E-state index is 5.99. The van der Waals surface area contributed by atoms with E-state index in [0.29, 0.717) is 15.9 Å². The van der Waals surface area contributed by atoms with Gasteiger partial charge in [0.2, 0.25) is 0 Å². The molecule has 1 aromatic rings. The summed E-state index contributed by atoms with van der Waals surface area (Å²) in [6.07, 6.45) is 0. The van der Waals surface area contributed by atoms with E-state index in [9.17, 15) is 0 Å². The fourth-order valence-corrected chi connectivity index (χ4v) is 2.40. The highest BCUT2D eigenvalue weighted by Crippen LogP contribution is 2.28. The standard InChI is InChI=1S/C9H9Cl3S/c10-4-5-13-6-7-2-1-3-8(11)9(7)12/h1-3H,4-6H2. The lowest BCUT2D eigenvalue weighted by molar-refractivity contribution is 1.40. The number of hydrogen-bond donors (Lipinski definition) is 0. The molecule has 0 nitrogen and oxygen atoms in total. The van der Waals surface area contributed by atoms with Crippen molar-refractivity contribution in [3.8, 4) is 0 Å². The minimum absolute atomic E-state index is 0.616. The number of alkyl halides is 1. The van der Waals surface area contributed by atoms with Crippen LogP contribution in [-0.2, 0) is 5.75 Å². The van der Waals surface area contributed by atoms with E-state index in [4.69, 9.17) is 34.8 Å². The Morgan fingerprint density at radius 2 is 2.00 bits per heavy atom. The van der Waals surface area contributed by atoms with Gasteiger partial charge in [0.1, 0.15) is 0 Å². The van der Waals surface area contributed by atoms with Gasteiger partial charge in [-0.05, 0) is 11.6 Å². The third kappa shape index (κ3) is 3.59. The third-order valence-corrected chi connectivity index (χ3v) is 3.79. The molecule has 0 bridgehead atoms. The van der Waals surface area contributed by atoms with E-state index in [1.807, 2.05) is 12.1 Å². The molecule has 0 radical (unpaired) electrons. The topological polar surface area (TPSA) is 0 Å². The lowest BCUT2D eigenvalue weighted by Crippen LogP contribution is -1.86. The van der Waals surface area contributed by atoms with Crippen LogP contribution in [0.15, 0.2) is 18.2 Å². The molecule has 13 heavy (non-hydrogen) atoms. The Labute approximate surface area is 97.6 Å². The summed E-state index contributed by atoms with van der Waals surface area (Å²) in [4.78, 5) is 0. The summed E-state index contributed by atoms with van der Waals surface area (Å²) in [5.41, 5.74) is 1.07. The Kier molecular flexibility index (Phi) is 5.34. The van der Waals surface area contributed by atoms with Gasteiger partial charge in [-0.3, -0.25) is 0 Å². The van der Waals surface area contributed by atoms with Crippen LogP contribution < -0.4 is 0 Å². The van der Waals surface area contributed by atoms with Gasteiger partial charge in [0.25, 0.3) is 0 Å². The number of thioether (sulfide) groups is 1. The van der Waals surface area contributed by atoms with Gasteiger partial charge >= 0.3 is 0 Å². The third-order valence-electron chi connectivity index (χ3n) is 1.51. The highest BCUT2D eigenvalue weighted by Gasteiger charge is 2.03. The van der Waals surface area contributed by atoms with Crippen LogP contribution in [0.5, 0.6) is 0 Å². The van der Waals surface area contributed by atoms with Crippen LogP contribution in [0.1, 0.15) is 5.56 Å². The van der Waals surface area contributed by atoms with Gasteiger partial charge < -0.3 is 0 Å². The fourth-order valence-electron chi connectivity index (χ4n) is 0.897. The lowest BCUT2D eigenvalue weighted by atomic mass is 10.2. The normalized spacial score (nSPS) is 10.4. The molecule has 0 fully saturated rings. The zero-order chi connectivity index (χ0) is 9.68. The van der Waals surface area contributed by atoms with Crippen molar-refractivity contribution in [1.29, 1.82) is 0 Å². The minimum Gasteiger partial charge on any atom is -0.156 e. The van der Waals surface area contributed by atoms with Crippen molar-refractivity contribution in [2.45, 2.75) is 5.75 Å². The second-order valence-corrected chi connectivity index (χ2v) is 4.72. The van der Waals surface area contributed by atoms with E-state index in [2.05, 4.69) is 0 Å². The number of hydrogen-bond acceptors (Lipinski definition) is 1. The number of halogens is 3. The van der Waals surface area contributed by atoms with Crippen LogP contribution in [0.25, 0.3) is 0 Å². The molecule has 0 aliphatic carbocycles. The van der Waals surface area contributed by atoms with Crippen LogP contribution in [0.4, 0.5) is 0 Å². The van der Waals surface area contributed by atoms with E-state index < -0.39 is 0 Å². The summed E-state index contributed by atoms with van der Waals surface area (Å²) in [6, 6.07) is 5.68. The van der Waals surface area contributed by atoms with Gasteiger partial charge in [0.15, 0.2) is 0 Å². The van der Waals surface area contributed by atoms with Crippen LogP contribution in [0.3, 0.4) is 0 Å². The Bertz CT molecular complexity index is 276. The molecule has 0 saturated heterocycles. The van der Waals surface area contributed by atoms with Crippen molar-refractivity contribution in [3.05, 3.63) is 33.8 Å². The van der Waals surface area contributed by atoms with Crippen molar-refractivity contribution in [2.24, 2.45) is 0 Å². The first-order valence-corrected chi connectivity index (χ1v) is 6.27. The predicted molar refractivity (Wildman–Crippen MR) is 63.3 cm³/mol. The molecular weight excluding hydrogens is 247 g/mol. The Balaban J connectivity index is 2.61. The van der Waals surface area contributed by atoms with Crippen molar-refractivity contribution in [1.82, 2.24) is 0 Å². The molecule has 0 saturated carbocycles. The fraction of sp³-hybridized carbons (Fsp3) is 0.333. The average Bonchev–Trinajstić information content (AvgIpc) is 2.13. The van der Waals surface area contributed by atoms with E-state index in [0.717, 1.165) is 17.1 Å². The molecule has 0 heterocycles. The van der Waals surface area contributed by atoms with Gasteiger partial charge in [-0.2, -0.15) is 11.8 Å². The minimum atomic E-state index is 0.616. The second kappa shape index (κ2) is 6.02. The van der Waals surface area contributed by atoms with Crippen molar-refractivity contribution < 1.29 is 0 Å². The molecule has 0 spiro atoms. The molecule has 0 amide bonds. The molecule has 0 unspecified atom stereocenters. The van der Waals surface area contributed by atoms with Gasteiger partial charge in [-0.1, -0.05) is 35.3 Å². The number of benzene rings is 1. The molecule has 0 atom stereocenters. The van der Waals surface area contributed by atoms with Crippen LogP contribution in [0, 0.1) is 0 Å². The van der Waals surface area contributed by atoms with E-state index in [-0.39, 0.29) is 0 Å². The van der Waals surface area contributed by atoms with Crippen molar-refractivity contribution in [3.63, 3.8) is 0 Å². The molecule has 0 aromatic heterocycles. The summed E-state index contributed by atoms with van der Waals surface area (Å²) >= 11 is 19.2. The highest BCUT2D eigenvalue weighted by atomic mass is 35.5. The predicted octanol–water partition coefficient (Wildman–Crippen LogP) is 4.47. The quantitative estimate of drug-likeness (QED) is 0.565. The van der Waals surface area contributed by atoms with Crippen LogP contribution in [0.2, 0.25) is 10.0 Å². The van der Waals surface area contributed by atoms with E-state index in [1.165, 1.54) is 0 Å². The molecule has 72 valence electrons. The molecule has 4 heteroatoms. The lowest BCUT2D eigenvalue weighted by Gasteiger charge is -2.04. The monoisotopic (exact) mass is 254 g/mol. The molecule has 0 aliphatic heterocycles. The second-order valence-electron chi connectivity index (χ2n) is 2.45. The SMILES string of the molecule is ClCCSCc1cccc(Cl)c1Cl. The van der Waals surface area contributed by atoms with Crippen LogP contribution >= 0.6 is 46.6 Å². The first-order valence-electron chi connectivity index (χ1n) is 3.82. The smallest absolute Gasteiger partial charge is 0.0632 e. The largest absolute Gasteiger partial charge is 0.156 e. The summed E-state index contributed by atoms with van der Waals surface area (Å²) in [7, 11) is 0. The molecule has 0 N–H and O–H groups in total. The summed E-state index contributed by atoms with van der Waals surface area (Å²) in [5, 5.41) is 1.27. The first-order chi connectivity index (χ1) is 6.25. The van der Waals surface area contributed by atoms with Crippen molar-refractivity contribution >= 4 is 46.6 Å². The first kappa shape index (κ1) is 11.5. The molecule has 1 aromatic carbocycles.